The van der Waals surface area contributed by atoms with Crippen molar-refractivity contribution in [3.05, 3.63) is 12.7 Å². The van der Waals surface area contributed by atoms with Crippen molar-refractivity contribution in [2.75, 3.05) is 13.7 Å². The highest BCUT2D eigenvalue weighted by Gasteiger charge is 2.54. The van der Waals surface area contributed by atoms with E-state index in [9.17, 15) is 5.11 Å². The molecular weight excluding hydrogens is 184 g/mol. The van der Waals surface area contributed by atoms with Crippen LogP contribution in [0.4, 0.5) is 0 Å². The van der Waals surface area contributed by atoms with Gasteiger partial charge in [0.15, 0.2) is 5.79 Å². The highest BCUT2D eigenvalue weighted by molar-refractivity contribution is 4.99. The zero-order valence-corrected chi connectivity index (χ0v) is 8.31. The molecule has 2 rings (SSSR count). The minimum atomic E-state index is -0.708. The van der Waals surface area contributed by atoms with E-state index in [2.05, 4.69) is 6.58 Å². The molecular formula is C10H16O4. The number of fused-ring (bicyclic) bond motifs is 2. The van der Waals surface area contributed by atoms with Crippen LogP contribution in [0.5, 0.6) is 0 Å². The summed E-state index contributed by atoms with van der Waals surface area (Å²) in [4.78, 5) is 0. The molecule has 0 amide bonds. The molecule has 4 nitrogen and oxygen atoms in total. The average Bonchev–Trinajstić information content (AvgIpc) is 2.55. The first-order chi connectivity index (χ1) is 6.72. The molecule has 1 N–H and O–H groups in total. The SMILES string of the molecule is C=CCC12OCC(O1)C(O)CC2OC. The molecule has 0 spiro atoms. The summed E-state index contributed by atoms with van der Waals surface area (Å²) in [5.74, 6) is -0.708. The summed E-state index contributed by atoms with van der Waals surface area (Å²) in [6.07, 6.45) is 2.01. The van der Waals surface area contributed by atoms with Crippen LogP contribution in [0.15, 0.2) is 12.7 Å². The number of methoxy groups -OCH3 is 1. The van der Waals surface area contributed by atoms with Crippen molar-refractivity contribution in [3.8, 4) is 0 Å². The van der Waals surface area contributed by atoms with Crippen LogP contribution in [0.2, 0.25) is 0 Å². The minimum Gasteiger partial charge on any atom is -0.390 e. The highest BCUT2D eigenvalue weighted by atomic mass is 16.8. The topological polar surface area (TPSA) is 47.9 Å². The number of aliphatic hydroxyl groups excluding tert-OH is 1. The van der Waals surface area contributed by atoms with Gasteiger partial charge < -0.3 is 19.3 Å². The fraction of sp³-hybridized carbons (Fsp3) is 0.800. The quantitative estimate of drug-likeness (QED) is 0.672. The largest absolute Gasteiger partial charge is 0.390 e. The molecule has 80 valence electrons. The number of hydrogen-bond donors (Lipinski definition) is 1. The Morgan fingerprint density at radius 1 is 1.71 bits per heavy atom. The minimum absolute atomic E-state index is 0.207. The van der Waals surface area contributed by atoms with Crippen LogP contribution in [0, 0.1) is 0 Å². The van der Waals surface area contributed by atoms with Crippen LogP contribution in [0.25, 0.3) is 0 Å². The molecule has 14 heavy (non-hydrogen) atoms. The second-order valence-corrected chi connectivity index (χ2v) is 3.80. The highest BCUT2D eigenvalue weighted by Crippen LogP contribution is 2.40. The summed E-state index contributed by atoms with van der Waals surface area (Å²) < 4.78 is 16.6. The van der Waals surface area contributed by atoms with Crippen LogP contribution in [0.1, 0.15) is 12.8 Å². The Labute approximate surface area is 83.5 Å². The molecule has 2 heterocycles. The van der Waals surface area contributed by atoms with E-state index in [0.717, 1.165) is 0 Å². The number of rotatable bonds is 3. The summed E-state index contributed by atoms with van der Waals surface area (Å²) in [7, 11) is 1.60. The van der Waals surface area contributed by atoms with Crippen molar-refractivity contribution in [2.45, 2.75) is 36.9 Å². The first-order valence-electron chi connectivity index (χ1n) is 4.85. The van der Waals surface area contributed by atoms with E-state index in [0.29, 0.717) is 19.4 Å². The molecule has 2 fully saturated rings. The Hall–Kier alpha value is -0.420. The van der Waals surface area contributed by atoms with Gasteiger partial charge in [-0.1, -0.05) is 6.08 Å². The summed E-state index contributed by atoms with van der Waals surface area (Å²) in [5, 5.41) is 9.67. The predicted octanol–water partition coefficient (Wildman–Crippen LogP) is 0.454. The summed E-state index contributed by atoms with van der Waals surface area (Å²) >= 11 is 0. The molecule has 4 atom stereocenters. The molecule has 2 bridgehead atoms. The van der Waals surface area contributed by atoms with E-state index >= 15 is 0 Å². The van der Waals surface area contributed by atoms with Crippen LogP contribution >= 0.6 is 0 Å². The van der Waals surface area contributed by atoms with Crippen LogP contribution < -0.4 is 0 Å². The monoisotopic (exact) mass is 200 g/mol. The molecule has 0 saturated carbocycles. The molecule has 2 aliphatic heterocycles. The lowest BCUT2D eigenvalue weighted by Gasteiger charge is -2.39. The van der Waals surface area contributed by atoms with Gasteiger partial charge in [0.1, 0.15) is 12.2 Å². The maximum absolute atomic E-state index is 9.67. The van der Waals surface area contributed by atoms with E-state index in [1.807, 2.05) is 0 Å². The molecule has 2 saturated heterocycles. The molecule has 0 aromatic carbocycles. The van der Waals surface area contributed by atoms with Gasteiger partial charge in [-0.25, -0.2) is 0 Å². The third kappa shape index (κ3) is 1.39. The third-order valence-electron chi connectivity index (χ3n) is 2.93. The normalized spacial score (nSPS) is 46.6. The average molecular weight is 200 g/mol. The van der Waals surface area contributed by atoms with E-state index in [1.165, 1.54) is 0 Å². The van der Waals surface area contributed by atoms with Gasteiger partial charge in [-0.2, -0.15) is 0 Å². The second kappa shape index (κ2) is 3.62. The molecule has 0 aliphatic carbocycles. The van der Waals surface area contributed by atoms with E-state index in [-0.39, 0.29) is 12.2 Å². The van der Waals surface area contributed by atoms with Crippen LogP contribution in [-0.4, -0.2) is 42.9 Å². The van der Waals surface area contributed by atoms with E-state index in [1.54, 1.807) is 13.2 Å². The van der Waals surface area contributed by atoms with Crippen molar-refractivity contribution in [2.24, 2.45) is 0 Å². The van der Waals surface area contributed by atoms with Gasteiger partial charge in [0.2, 0.25) is 0 Å². The zero-order valence-electron chi connectivity index (χ0n) is 8.31. The van der Waals surface area contributed by atoms with Crippen molar-refractivity contribution < 1.29 is 19.3 Å². The van der Waals surface area contributed by atoms with Crippen LogP contribution in [0.3, 0.4) is 0 Å². The molecule has 2 aliphatic rings. The Morgan fingerprint density at radius 3 is 3.14 bits per heavy atom. The second-order valence-electron chi connectivity index (χ2n) is 3.80. The van der Waals surface area contributed by atoms with Crippen molar-refractivity contribution in [1.82, 2.24) is 0 Å². The van der Waals surface area contributed by atoms with E-state index in [4.69, 9.17) is 14.2 Å². The lowest BCUT2D eigenvalue weighted by Crippen LogP contribution is -2.52. The lowest BCUT2D eigenvalue weighted by molar-refractivity contribution is -0.266. The maximum Gasteiger partial charge on any atom is 0.198 e. The molecule has 0 radical (unpaired) electrons. The Bertz CT molecular complexity index is 230. The predicted molar refractivity (Wildman–Crippen MR) is 49.8 cm³/mol. The van der Waals surface area contributed by atoms with Gasteiger partial charge in [0.25, 0.3) is 0 Å². The van der Waals surface area contributed by atoms with Gasteiger partial charge >= 0.3 is 0 Å². The summed E-state index contributed by atoms with van der Waals surface area (Å²) in [6, 6.07) is 0. The first kappa shape index (κ1) is 10.1. The van der Waals surface area contributed by atoms with Crippen molar-refractivity contribution in [1.29, 1.82) is 0 Å². The summed E-state index contributed by atoms with van der Waals surface area (Å²) in [6.45, 7) is 4.12. The number of hydrogen-bond acceptors (Lipinski definition) is 4. The smallest absolute Gasteiger partial charge is 0.198 e. The van der Waals surface area contributed by atoms with Gasteiger partial charge in [0, 0.05) is 20.0 Å². The third-order valence-corrected chi connectivity index (χ3v) is 2.93. The molecule has 0 aromatic rings. The van der Waals surface area contributed by atoms with Crippen molar-refractivity contribution in [3.63, 3.8) is 0 Å². The summed E-state index contributed by atoms with van der Waals surface area (Å²) in [5.41, 5.74) is 0. The molecule has 4 heteroatoms. The van der Waals surface area contributed by atoms with Gasteiger partial charge in [0.05, 0.1) is 12.7 Å². The maximum atomic E-state index is 9.67. The number of aliphatic hydroxyl groups is 1. The van der Waals surface area contributed by atoms with Crippen molar-refractivity contribution >= 4 is 0 Å². The fourth-order valence-electron chi connectivity index (χ4n) is 2.17. The standard InChI is InChI=1S/C10H16O4/c1-3-4-10-9(12-2)5-7(11)8(14-10)6-13-10/h3,7-9,11H,1,4-6H2,2H3. The molecule has 0 aromatic heterocycles. The number of ether oxygens (including phenoxy) is 3. The Morgan fingerprint density at radius 2 is 2.50 bits per heavy atom. The first-order valence-corrected chi connectivity index (χ1v) is 4.85. The van der Waals surface area contributed by atoms with Crippen LogP contribution in [-0.2, 0) is 14.2 Å². The zero-order chi connectivity index (χ0) is 10.2. The fourth-order valence-corrected chi connectivity index (χ4v) is 2.17. The Kier molecular flexibility index (Phi) is 2.62. The molecule has 4 unspecified atom stereocenters. The lowest BCUT2D eigenvalue weighted by atomic mass is 9.95. The van der Waals surface area contributed by atoms with Gasteiger partial charge in [-0.3, -0.25) is 0 Å². The Balaban J connectivity index is 2.18. The van der Waals surface area contributed by atoms with Gasteiger partial charge in [-0.15, -0.1) is 6.58 Å². The van der Waals surface area contributed by atoms with Gasteiger partial charge in [-0.05, 0) is 0 Å². The van der Waals surface area contributed by atoms with E-state index < -0.39 is 11.9 Å².